The molecule has 3 heterocycles. The standard InChI is InChI=1S/C28H27ClF2N4O3/c1-6-21(37)34-12-19-28(38)33(5)18-11-32-25-15(27(18)35(19)26(13(2)3)14(34)4)10-16(29)22(24(25)31)23-17(30)8-7-9-20(23)36/h6-11,13-14,19,26,36H,1,12H2,2-5H3. The zero-order valence-electron chi connectivity index (χ0n) is 21.4. The maximum atomic E-state index is 16.1. The van der Waals surface area contributed by atoms with Crippen molar-refractivity contribution in [2.24, 2.45) is 5.92 Å². The molecule has 3 unspecified atom stereocenters. The zero-order chi connectivity index (χ0) is 27.6. The number of hydrogen-bond donors (Lipinski definition) is 1. The van der Waals surface area contributed by atoms with Crippen LogP contribution in [0.3, 0.4) is 0 Å². The van der Waals surface area contributed by atoms with Gasteiger partial charge in [-0.25, -0.2) is 8.78 Å². The summed E-state index contributed by atoms with van der Waals surface area (Å²) < 4.78 is 30.8. The zero-order valence-corrected chi connectivity index (χ0v) is 22.1. The van der Waals surface area contributed by atoms with Crippen LogP contribution in [0.5, 0.6) is 5.75 Å². The van der Waals surface area contributed by atoms with Gasteiger partial charge in [-0.15, -0.1) is 0 Å². The van der Waals surface area contributed by atoms with E-state index in [9.17, 15) is 19.1 Å². The van der Waals surface area contributed by atoms with Gasteiger partial charge >= 0.3 is 0 Å². The lowest BCUT2D eigenvalue weighted by atomic mass is 9.86. The summed E-state index contributed by atoms with van der Waals surface area (Å²) >= 11 is 6.57. The highest BCUT2D eigenvalue weighted by atomic mass is 35.5. The largest absolute Gasteiger partial charge is 0.507 e. The molecular formula is C28H27ClF2N4O3. The van der Waals surface area contributed by atoms with Crippen molar-refractivity contribution in [3.05, 3.63) is 59.8 Å². The van der Waals surface area contributed by atoms with Gasteiger partial charge in [-0.1, -0.05) is 38.1 Å². The molecule has 1 saturated heterocycles. The third kappa shape index (κ3) is 3.63. The van der Waals surface area contributed by atoms with Crippen molar-refractivity contribution in [3.8, 4) is 16.9 Å². The summed E-state index contributed by atoms with van der Waals surface area (Å²) in [5, 5.41) is 10.5. The second kappa shape index (κ2) is 9.23. The van der Waals surface area contributed by atoms with Crippen LogP contribution in [0.15, 0.2) is 43.1 Å². The van der Waals surface area contributed by atoms with E-state index in [0.29, 0.717) is 16.8 Å². The molecule has 2 aromatic carbocycles. The van der Waals surface area contributed by atoms with E-state index in [2.05, 4.69) is 11.6 Å². The quantitative estimate of drug-likeness (QED) is 0.466. The van der Waals surface area contributed by atoms with Gasteiger partial charge in [-0.05, 0) is 37.1 Å². The van der Waals surface area contributed by atoms with Crippen molar-refractivity contribution in [1.82, 2.24) is 9.88 Å². The van der Waals surface area contributed by atoms with Crippen molar-refractivity contribution in [3.63, 3.8) is 0 Å². The van der Waals surface area contributed by atoms with Crippen molar-refractivity contribution in [2.75, 3.05) is 23.4 Å². The van der Waals surface area contributed by atoms with Gasteiger partial charge in [0.2, 0.25) is 5.91 Å². The first-order valence-corrected chi connectivity index (χ1v) is 12.6. The number of amides is 2. The van der Waals surface area contributed by atoms with Gasteiger partial charge in [0.15, 0.2) is 5.82 Å². The number of rotatable bonds is 3. The summed E-state index contributed by atoms with van der Waals surface area (Å²) in [7, 11) is 1.61. The van der Waals surface area contributed by atoms with Crippen molar-refractivity contribution >= 4 is 45.7 Å². The van der Waals surface area contributed by atoms with E-state index in [1.165, 1.54) is 35.4 Å². The number of aromatic nitrogens is 1. The fourth-order valence-electron chi connectivity index (χ4n) is 5.94. The number of carbonyl (C=O) groups is 2. The lowest BCUT2D eigenvalue weighted by molar-refractivity contribution is -0.132. The highest BCUT2D eigenvalue weighted by Crippen LogP contribution is 2.48. The molecule has 2 aliphatic rings. The number of aromatic hydroxyl groups is 1. The minimum Gasteiger partial charge on any atom is -0.507 e. The first-order valence-electron chi connectivity index (χ1n) is 12.3. The molecule has 0 aliphatic carbocycles. The molecule has 10 heteroatoms. The first-order chi connectivity index (χ1) is 18.0. The van der Waals surface area contributed by atoms with Crippen LogP contribution < -0.4 is 9.80 Å². The number of carbonyl (C=O) groups excluding carboxylic acids is 2. The molecule has 1 fully saturated rings. The van der Waals surface area contributed by atoms with E-state index < -0.39 is 23.4 Å². The molecule has 0 radical (unpaired) electrons. The second-order valence-corrected chi connectivity index (χ2v) is 10.5. The Morgan fingerprint density at radius 1 is 1.29 bits per heavy atom. The maximum absolute atomic E-state index is 16.1. The molecule has 7 nitrogen and oxygen atoms in total. The van der Waals surface area contributed by atoms with E-state index in [-0.39, 0.29) is 58.0 Å². The summed E-state index contributed by atoms with van der Waals surface area (Å²) in [4.78, 5) is 35.6. The number of halogens is 3. The summed E-state index contributed by atoms with van der Waals surface area (Å²) in [6, 6.07) is 3.84. The van der Waals surface area contributed by atoms with Crippen LogP contribution in [-0.4, -0.2) is 58.5 Å². The van der Waals surface area contributed by atoms with Crippen molar-refractivity contribution < 1.29 is 23.5 Å². The average Bonchev–Trinajstić information content (AvgIpc) is 2.87. The number of piperazine rings is 1. The number of benzene rings is 2. The number of likely N-dealkylation sites (N-methyl/N-ethyl adjacent to an activating group) is 1. The third-order valence-electron chi connectivity index (χ3n) is 7.64. The molecule has 0 spiro atoms. The molecule has 1 N–H and O–H groups in total. The highest BCUT2D eigenvalue weighted by molar-refractivity contribution is 6.34. The van der Waals surface area contributed by atoms with Gasteiger partial charge in [0.1, 0.15) is 23.1 Å². The van der Waals surface area contributed by atoms with Crippen LogP contribution in [0.25, 0.3) is 22.0 Å². The second-order valence-electron chi connectivity index (χ2n) is 10.1. The normalized spacial score (nSPS) is 21.1. The Labute approximate surface area is 223 Å². The predicted octanol–water partition coefficient (Wildman–Crippen LogP) is 5.13. The van der Waals surface area contributed by atoms with E-state index in [1.54, 1.807) is 11.9 Å². The Kier molecular flexibility index (Phi) is 6.30. The molecular weight excluding hydrogens is 514 g/mol. The molecule has 2 aliphatic heterocycles. The Morgan fingerprint density at radius 3 is 2.63 bits per heavy atom. The van der Waals surface area contributed by atoms with Gasteiger partial charge < -0.3 is 19.8 Å². The lowest BCUT2D eigenvalue weighted by Gasteiger charge is -2.55. The van der Waals surface area contributed by atoms with Gasteiger partial charge in [-0.2, -0.15) is 0 Å². The Balaban J connectivity index is 1.80. The van der Waals surface area contributed by atoms with Crippen LogP contribution in [0.1, 0.15) is 20.8 Å². The predicted molar refractivity (Wildman–Crippen MR) is 143 cm³/mol. The lowest BCUT2D eigenvalue weighted by Crippen LogP contribution is -2.70. The van der Waals surface area contributed by atoms with E-state index in [4.69, 9.17) is 11.6 Å². The molecule has 0 saturated carbocycles. The van der Waals surface area contributed by atoms with Crippen LogP contribution in [-0.2, 0) is 9.59 Å². The first kappa shape index (κ1) is 25.9. The molecule has 5 rings (SSSR count). The van der Waals surface area contributed by atoms with Crippen molar-refractivity contribution in [1.29, 1.82) is 0 Å². The smallest absolute Gasteiger partial charge is 0.251 e. The molecule has 3 aromatic rings. The average molecular weight is 541 g/mol. The Morgan fingerprint density at radius 2 is 2.00 bits per heavy atom. The molecule has 198 valence electrons. The number of anilines is 2. The topological polar surface area (TPSA) is 77.0 Å². The van der Waals surface area contributed by atoms with Crippen LogP contribution in [0.4, 0.5) is 20.2 Å². The Bertz CT molecular complexity index is 1490. The van der Waals surface area contributed by atoms with E-state index in [1.807, 2.05) is 25.7 Å². The van der Waals surface area contributed by atoms with Gasteiger partial charge in [0, 0.05) is 24.0 Å². The monoisotopic (exact) mass is 540 g/mol. The summed E-state index contributed by atoms with van der Waals surface area (Å²) in [6.45, 7) is 9.65. The summed E-state index contributed by atoms with van der Waals surface area (Å²) in [6.07, 6.45) is 2.65. The minimum atomic E-state index is -0.888. The van der Waals surface area contributed by atoms with E-state index >= 15 is 4.39 Å². The molecule has 2 amide bonds. The number of phenolic OH excluding ortho intramolecular Hbond substituents is 1. The highest BCUT2D eigenvalue weighted by Gasteiger charge is 2.50. The van der Waals surface area contributed by atoms with Crippen LogP contribution >= 0.6 is 11.6 Å². The third-order valence-corrected chi connectivity index (χ3v) is 7.93. The van der Waals surface area contributed by atoms with Gasteiger partial charge in [-0.3, -0.25) is 14.6 Å². The van der Waals surface area contributed by atoms with Crippen molar-refractivity contribution in [2.45, 2.75) is 38.9 Å². The molecule has 38 heavy (non-hydrogen) atoms. The minimum absolute atomic E-state index is 0.00450. The molecule has 0 bridgehead atoms. The maximum Gasteiger partial charge on any atom is 0.251 e. The van der Waals surface area contributed by atoms with Crippen LogP contribution in [0, 0.1) is 17.6 Å². The molecule has 3 atom stereocenters. The van der Waals surface area contributed by atoms with Gasteiger partial charge in [0.05, 0.1) is 40.7 Å². The number of pyridine rings is 1. The Hall–Kier alpha value is -3.72. The SMILES string of the molecule is C=CC(=O)N1CC2C(=O)N(C)c3cnc4c(F)c(-c5c(O)cccc5F)c(Cl)cc4c3N2C(C(C)C)C1C. The number of fused-ring (bicyclic) bond motifs is 5. The number of phenols is 1. The van der Waals surface area contributed by atoms with Crippen LogP contribution in [0.2, 0.25) is 5.02 Å². The fourth-order valence-corrected chi connectivity index (χ4v) is 6.23. The summed E-state index contributed by atoms with van der Waals surface area (Å²) in [5.74, 6) is -2.67. The summed E-state index contributed by atoms with van der Waals surface area (Å²) in [5.41, 5.74) is 0.300. The van der Waals surface area contributed by atoms with Gasteiger partial charge in [0.25, 0.3) is 5.91 Å². The van der Waals surface area contributed by atoms with E-state index in [0.717, 1.165) is 6.07 Å². The fraction of sp³-hybridized carbons (Fsp3) is 0.321. The number of hydrogen-bond acceptors (Lipinski definition) is 5. The molecule has 1 aromatic heterocycles. The number of nitrogens with zero attached hydrogens (tertiary/aromatic N) is 4.